The van der Waals surface area contributed by atoms with E-state index >= 15 is 0 Å². The van der Waals surface area contributed by atoms with Crippen molar-refractivity contribution >= 4 is 27.6 Å². The van der Waals surface area contributed by atoms with Gasteiger partial charge >= 0.3 is 0 Å². The van der Waals surface area contributed by atoms with E-state index in [1.807, 2.05) is 22.8 Å². The number of hydrogen-bond donors (Lipinski definition) is 1. The van der Waals surface area contributed by atoms with Gasteiger partial charge in [-0.1, -0.05) is 18.2 Å². The first kappa shape index (κ1) is 17.3. The first-order valence-electron chi connectivity index (χ1n) is 8.84. The number of nitrogens with one attached hydrogen (secondary N) is 1. The zero-order valence-electron chi connectivity index (χ0n) is 15.2. The maximum Gasteiger partial charge on any atom is 0.248 e. The molecule has 0 spiro atoms. The molecule has 0 saturated heterocycles. The van der Waals surface area contributed by atoms with Gasteiger partial charge in [-0.15, -0.1) is 0 Å². The van der Waals surface area contributed by atoms with Gasteiger partial charge in [-0.25, -0.2) is 18.7 Å². The van der Waals surface area contributed by atoms with Gasteiger partial charge in [0.05, 0.1) is 19.2 Å². The van der Waals surface area contributed by atoms with Crippen LogP contribution in [0.15, 0.2) is 53.5 Å². The normalized spacial score (nSPS) is 13.0. The highest BCUT2D eigenvalue weighted by atomic mass is 19.2. The molecule has 4 aromatic rings. The molecule has 1 aliphatic rings. The van der Waals surface area contributed by atoms with Gasteiger partial charge in [0.2, 0.25) is 5.56 Å². The third kappa shape index (κ3) is 2.64. The van der Waals surface area contributed by atoms with E-state index < -0.39 is 17.2 Å². The fourth-order valence-electron chi connectivity index (χ4n) is 3.51. The van der Waals surface area contributed by atoms with Crippen molar-refractivity contribution < 1.29 is 13.5 Å². The molecular formula is C21H14F2N4O2. The van der Waals surface area contributed by atoms with Gasteiger partial charge in [0, 0.05) is 29.3 Å². The standard InChI is InChI=1S/C21H14F2N4O2/c1-29-15-7-8-24-21-19(15)26-20(11-3-2-4-11)27(21)10-12-9-16(28)25-18-13(12)5-6-14(22)17(18)23/h2-9H,10H2,1H3,(H,25,28). The largest absolute Gasteiger partial charge is 0.494 e. The number of pyridine rings is 2. The monoisotopic (exact) mass is 392 g/mol. The van der Waals surface area contributed by atoms with Crippen molar-refractivity contribution in [2.45, 2.75) is 6.54 Å². The fraction of sp³-hybridized carbons (Fsp3) is 0.0952. The molecule has 5 rings (SSSR count). The van der Waals surface area contributed by atoms with Crippen LogP contribution in [-0.2, 0) is 6.54 Å². The van der Waals surface area contributed by atoms with Gasteiger partial charge in [-0.2, -0.15) is 0 Å². The second kappa shape index (κ2) is 6.37. The third-order valence-corrected chi connectivity index (χ3v) is 4.95. The molecule has 1 aromatic carbocycles. The molecule has 3 aromatic heterocycles. The van der Waals surface area contributed by atoms with Crippen LogP contribution in [0.1, 0.15) is 11.4 Å². The highest BCUT2D eigenvalue weighted by Crippen LogP contribution is 2.31. The van der Waals surface area contributed by atoms with Crippen LogP contribution >= 0.6 is 0 Å². The minimum absolute atomic E-state index is 0.160. The summed E-state index contributed by atoms with van der Waals surface area (Å²) in [6.07, 6.45) is 7.33. The first-order valence-corrected chi connectivity index (χ1v) is 8.84. The Morgan fingerprint density at radius 2 is 2.07 bits per heavy atom. The molecule has 0 fully saturated rings. The van der Waals surface area contributed by atoms with E-state index in [0.717, 1.165) is 11.6 Å². The lowest BCUT2D eigenvalue weighted by Crippen LogP contribution is -2.12. The molecule has 8 heteroatoms. The van der Waals surface area contributed by atoms with Crippen molar-refractivity contribution in [1.82, 2.24) is 19.5 Å². The molecule has 0 saturated carbocycles. The molecule has 3 heterocycles. The van der Waals surface area contributed by atoms with Crippen LogP contribution in [0.2, 0.25) is 0 Å². The predicted octanol–water partition coefficient (Wildman–Crippen LogP) is 3.56. The Balaban J connectivity index is 1.76. The Morgan fingerprint density at radius 3 is 2.79 bits per heavy atom. The van der Waals surface area contributed by atoms with Crippen molar-refractivity contribution in [1.29, 1.82) is 0 Å². The molecule has 1 N–H and O–H groups in total. The molecule has 6 nitrogen and oxygen atoms in total. The van der Waals surface area contributed by atoms with Crippen LogP contribution in [-0.4, -0.2) is 26.6 Å². The van der Waals surface area contributed by atoms with E-state index in [4.69, 9.17) is 4.74 Å². The third-order valence-electron chi connectivity index (χ3n) is 4.95. The van der Waals surface area contributed by atoms with Crippen molar-refractivity contribution in [3.05, 3.63) is 82.1 Å². The maximum atomic E-state index is 14.2. The minimum Gasteiger partial charge on any atom is -0.494 e. The number of rotatable bonds is 4. The highest BCUT2D eigenvalue weighted by Gasteiger charge is 2.20. The number of H-pyrrole nitrogens is 1. The Morgan fingerprint density at radius 1 is 1.24 bits per heavy atom. The van der Waals surface area contributed by atoms with Crippen molar-refractivity contribution in [2.24, 2.45) is 0 Å². The number of aromatic amines is 1. The Bertz CT molecular complexity index is 1420. The molecule has 0 bridgehead atoms. The molecule has 144 valence electrons. The van der Waals surface area contributed by atoms with Crippen LogP contribution in [0.5, 0.6) is 5.75 Å². The van der Waals surface area contributed by atoms with Crippen molar-refractivity contribution in [3.8, 4) is 5.75 Å². The van der Waals surface area contributed by atoms with Crippen molar-refractivity contribution in [2.75, 3.05) is 7.11 Å². The summed E-state index contributed by atoms with van der Waals surface area (Å²) < 4.78 is 35.1. The number of ether oxygens (including phenoxy) is 1. The average molecular weight is 392 g/mol. The SMILES string of the molecule is COc1ccnc2c1nc(C1=CC=C1)n2Cc1cc(=O)[nH]c2c(F)c(F)ccc12. The van der Waals surface area contributed by atoms with E-state index in [1.165, 1.54) is 12.1 Å². The summed E-state index contributed by atoms with van der Waals surface area (Å²) in [5, 5.41) is 0.414. The molecule has 0 unspecified atom stereocenters. The van der Waals surface area contributed by atoms with Gasteiger partial charge in [0.1, 0.15) is 11.6 Å². The summed E-state index contributed by atoms with van der Waals surface area (Å²) in [5.74, 6) is -0.880. The van der Waals surface area contributed by atoms with Gasteiger partial charge in [0.15, 0.2) is 22.8 Å². The quantitative estimate of drug-likeness (QED) is 0.576. The lowest BCUT2D eigenvalue weighted by atomic mass is 10.1. The molecular weight excluding hydrogens is 378 g/mol. The van der Waals surface area contributed by atoms with E-state index in [-0.39, 0.29) is 12.1 Å². The zero-order valence-corrected chi connectivity index (χ0v) is 15.2. The van der Waals surface area contributed by atoms with Crippen LogP contribution in [0.25, 0.3) is 27.6 Å². The number of benzene rings is 1. The Hall–Kier alpha value is -3.81. The molecule has 0 atom stereocenters. The molecule has 0 radical (unpaired) electrons. The van der Waals surface area contributed by atoms with Gasteiger partial charge < -0.3 is 14.3 Å². The highest BCUT2D eigenvalue weighted by molar-refractivity contribution is 5.87. The second-order valence-corrected chi connectivity index (χ2v) is 6.63. The fourth-order valence-corrected chi connectivity index (χ4v) is 3.51. The summed E-state index contributed by atoms with van der Waals surface area (Å²) in [5.41, 5.74) is 1.89. The summed E-state index contributed by atoms with van der Waals surface area (Å²) in [6.45, 7) is 0.197. The molecule has 0 aliphatic heterocycles. The smallest absolute Gasteiger partial charge is 0.248 e. The topological polar surface area (TPSA) is 72.8 Å². The maximum absolute atomic E-state index is 14.2. The van der Waals surface area contributed by atoms with Crippen LogP contribution in [0.4, 0.5) is 8.78 Å². The summed E-state index contributed by atoms with van der Waals surface area (Å²) in [6, 6.07) is 5.59. The summed E-state index contributed by atoms with van der Waals surface area (Å²) in [4.78, 5) is 23.6. The number of imidazole rings is 1. The van der Waals surface area contributed by atoms with Crippen LogP contribution in [0, 0.1) is 11.6 Å². The number of fused-ring (bicyclic) bond motifs is 2. The number of aromatic nitrogens is 4. The minimum atomic E-state index is -1.08. The lowest BCUT2D eigenvalue weighted by molar-refractivity contribution is 0.418. The summed E-state index contributed by atoms with van der Waals surface area (Å²) >= 11 is 0. The lowest BCUT2D eigenvalue weighted by Gasteiger charge is -2.13. The first-order chi connectivity index (χ1) is 14.1. The Labute approximate surface area is 162 Å². The van der Waals surface area contributed by atoms with Crippen LogP contribution in [0.3, 0.4) is 0 Å². The number of hydrogen-bond acceptors (Lipinski definition) is 4. The number of halogens is 2. The number of nitrogens with zero attached hydrogens (tertiary/aromatic N) is 3. The second-order valence-electron chi connectivity index (χ2n) is 6.63. The van der Waals surface area contributed by atoms with Gasteiger partial charge in [0.25, 0.3) is 0 Å². The molecule has 29 heavy (non-hydrogen) atoms. The van der Waals surface area contributed by atoms with E-state index in [9.17, 15) is 13.6 Å². The zero-order chi connectivity index (χ0) is 20.1. The van der Waals surface area contributed by atoms with E-state index in [2.05, 4.69) is 15.0 Å². The predicted molar refractivity (Wildman–Crippen MR) is 105 cm³/mol. The number of allylic oxidation sites excluding steroid dienone is 4. The number of methoxy groups -OCH3 is 1. The Kier molecular flexibility index (Phi) is 3.80. The van der Waals surface area contributed by atoms with Crippen LogP contribution < -0.4 is 10.3 Å². The summed E-state index contributed by atoms with van der Waals surface area (Å²) in [7, 11) is 1.55. The van der Waals surface area contributed by atoms with E-state index in [1.54, 1.807) is 19.4 Å². The molecule has 1 aliphatic carbocycles. The molecule has 0 amide bonds. The van der Waals surface area contributed by atoms with Crippen molar-refractivity contribution in [3.63, 3.8) is 0 Å². The average Bonchev–Trinajstić information content (AvgIpc) is 3.01. The van der Waals surface area contributed by atoms with Gasteiger partial charge in [-0.3, -0.25) is 4.79 Å². The van der Waals surface area contributed by atoms with E-state index in [0.29, 0.717) is 33.7 Å². The van der Waals surface area contributed by atoms with Gasteiger partial charge in [-0.05, 0) is 17.7 Å².